The summed E-state index contributed by atoms with van der Waals surface area (Å²) < 4.78 is 40.2. The van der Waals surface area contributed by atoms with Crippen molar-refractivity contribution in [1.29, 1.82) is 0 Å². The molecule has 1 aromatic heterocycles. The highest BCUT2D eigenvalue weighted by Crippen LogP contribution is 2.32. The average Bonchev–Trinajstić information content (AvgIpc) is 2.89. The number of aliphatic carboxylic acids is 1. The maximum absolute atomic E-state index is 12.9. The first-order valence-electron chi connectivity index (χ1n) is 8.26. The number of piperidine rings is 1. The van der Waals surface area contributed by atoms with E-state index in [0.717, 1.165) is 12.1 Å². The molecule has 1 N–H and O–H groups in total. The van der Waals surface area contributed by atoms with Gasteiger partial charge in [-0.25, -0.2) is 0 Å². The van der Waals surface area contributed by atoms with Gasteiger partial charge in [-0.05, 0) is 36.6 Å². The number of hydrogen-bond donors (Lipinski definition) is 1. The molecule has 2 unspecified atom stereocenters. The number of amides is 1. The first kappa shape index (κ1) is 18.3. The van der Waals surface area contributed by atoms with Gasteiger partial charge in [0.05, 0.1) is 11.5 Å². The summed E-state index contributed by atoms with van der Waals surface area (Å²) in [6.45, 7) is 2.41. The summed E-state index contributed by atoms with van der Waals surface area (Å²) in [5, 5.41) is 9.58. The number of carbonyl (C=O) groups is 2. The van der Waals surface area contributed by atoms with Gasteiger partial charge in [-0.2, -0.15) is 13.2 Å². The molecule has 2 aromatic rings. The first-order valence-corrected chi connectivity index (χ1v) is 8.26. The summed E-state index contributed by atoms with van der Waals surface area (Å²) in [6, 6.07) is 4.78. The van der Waals surface area contributed by atoms with Gasteiger partial charge in [0.15, 0.2) is 0 Å². The van der Waals surface area contributed by atoms with Gasteiger partial charge in [0.2, 0.25) is 0 Å². The molecule has 0 bridgehead atoms. The SMILES string of the molecule is CC1CC(C(=O)O)CN(C(=O)c2cc3cc(C(F)(F)F)ccc3n2C)C1. The number of nitrogens with zero attached hydrogens (tertiary/aromatic N) is 2. The van der Waals surface area contributed by atoms with Crippen LogP contribution in [-0.2, 0) is 18.0 Å². The smallest absolute Gasteiger partial charge is 0.416 e. The standard InChI is InChI=1S/C18H19F3N2O3/c1-10-5-12(17(25)26)9-23(8-10)16(24)15-7-11-6-13(18(19,20)21)3-4-14(11)22(15)2/h3-4,6-7,10,12H,5,8-9H2,1-2H3,(H,25,26). The fourth-order valence-electron chi connectivity index (χ4n) is 3.59. The molecule has 5 nitrogen and oxygen atoms in total. The lowest BCUT2D eigenvalue weighted by molar-refractivity contribution is -0.143. The lowest BCUT2D eigenvalue weighted by Crippen LogP contribution is -2.46. The third-order valence-electron chi connectivity index (χ3n) is 4.89. The Labute approximate surface area is 148 Å². The Balaban J connectivity index is 1.95. The van der Waals surface area contributed by atoms with Crippen molar-refractivity contribution in [2.24, 2.45) is 18.9 Å². The topological polar surface area (TPSA) is 62.5 Å². The molecule has 1 aromatic carbocycles. The number of alkyl halides is 3. The molecule has 26 heavy (non-hydrogen) atoms. The van der Waals surface area contributed by atoms with Crippen LogP contribution in [0.25, 0.3) is 10.9 Å². The van der Waals surface area contributed by atoms with E-state index in [1.165, 1.54) is 17.0 Å². The molecule has 0 spiro atoms. The number of aromatic nitrogens is 1. The van der Waals surface area contributed by atoms with Gasteiger partial charge in [-0.1, -0.05) is 6.92 Å². The van der Waals surface area contributed by atoms with Crippen molar-refractivity contribution in [3.8, 4) is 0 Å². The summed E-state index contributed by atoms with van der Waals surface area (Å²) >= 11 is 0. The van der Waals surface area contributed by atoms with Crippen LogP contribution in [0, 0.1) is 11.8 Å². The lowest BCUT2D eigenvalue weighted by Gasteiger charge is -2.34. The maximum Gasteiger partial charge on any atom is 0.416 e. The molecule has 2 atom stereocenters. The third-order valence-corrected chi connectivity index (χ3v) is 4.89. The van der Waals surface area contributed by atoms with Crippen molar-refractivity contribution < 1.29 is 27.9 Å². The highest BCUT2D eigenvalue weighted by atomic mass is 19.4. The summed E-state index contributed by atoms with van der Waals surface area (Å²) in [6.07, 6.45) is -3.95. The van der Waals surface area contributed by atoms with Crippen molar-refractivity contribution in [2.75, 3.05) is 13.1 Å². The van der Waals surface area contributed by atoms with E-state index < -0.39 is 23.6 Å². The van der Waals surface area contributed by atoms with Crippen LogP contribution in [0.3, 0.4) is 0 Å². The summed E-state index contributed by atoms with van der Waals surface area (Å²) in [4.78, 5) is 25.6. The van der Waals surface area contributed by atoms with Crippen LogP contribution in [0.15, 0.2) is 24.3 Å². The molecule has 2 heterocycles. The van der Waals surface area contributed by atoms with Crippen molar-refractivity contribution >= 4 is 22.8 Å². The normalized spacial score (nSPS) is 21.2. The summed E-state index contributed by atoms with van der Waals surface area (Å²) in [5.74, 6) is -1.90. The first-order chi connectivity index (χ1) is 12.1. The number of carboxylic acids is 1. The Bertz CT molecular complexity index is 872. The number of hydrogen-bond acceptors (Lipinski definition) is 2. The van der Waals surface area contributed by atoms with E-state index in [-0.39, 0.29) is 24.1 Å². The number of carboxylic acid groups (broad SMARTS) is 1. The predicted molar refractivity (Wildman–Crippen MR) is 88.7 cm³/mol. The van der Waals surface area contributed by atoms with Crippen molar-refractivity contribution in [3.05, 3.63) is 35.5 Å². The van der Waals surface area contributed by atoms with Gasteiger partial charge < -0.3 is 14.6 Å². The minimum Gasteiger partial charge on any atom is -0.481 e. The molecule has 0 aliphatic carbocycles. The second kappa shape index (κ2) is 6.34. The van der Waals surface area contributed by atoms with Crippen LogP contribution in [0.4, 0.5) is 13.2 Å². The van der Waals surface area contributed by atoms with Crippen molar-refractivity contribution in [1.82, 2.24) is 9.47 Å². The van der Waals surface area contributed by atoms with Crippen LogP contribution >= 0.6 is 0 Å². The minimum absolute atomic E-state index is 0.0420. The van der Waals surface area contributed by atoms with Crippen LogP contribution in [0.2, 0.25) is 0 Å². The molecule has 0 radical (unpaired) electrons. The zero-order valence-corrected chi connectivity index (χ0v) is 14.4. The van der Waals surface area contributed by atoms with E-state index in [1.807, 2.05) is 6.92 Å². The molecule has 1 aliphatic heterocycles. The molecule has 0 saturated carbocycles. The quantitative estimate of drug-likeness (QED) is 0.884. The number of fused-ring (bicyclic) bond motifs is 1. The van der Waals surface area contributed by atoms with E-state index in [0.29, 0.717) is 23.9 Å². The lowest BCUT2D eigenvalue weighted by atomic mass is 9.90. The van der Waals surface area contributed by atoms with Gasteiger partial charge in [0, 0.05) is 31.0 Å². The van der Waals surface area contributed by atoms with Crippen molar-refractivity contribution in [3.63, 3.8) is 0 Å². The zero-order valence-electron chi connectivity index (χ0n) is 14.4. The van der Waals surface area contributed by atoms with Gasteiger partial charge in [-0.3, -0.25) is 9.59 Å². The molecule has 1 aliphatic rings. The highest BCUT2D eigenvalue weighted by molar-refractivity contribution is 5.99. The molecule has 3 rings (SSSR count). The summed E-state index contributed by atoms with van der Waals surface area (Å²) in [5.41, 5.74) is -0.00843. The minimum atomic E-state index is -4.45. The van der Waals surface area contributed by atoms with E-state index in [1.54, 1.807) is 11.6 Å². The van der Waals surface area contributed by atoms with Crippen LogP contribution in [0.1, 0.15) is 29.4 Å². The number of likely N-dealkylation sites (tertiary alicyclic amines) is 1. The van der Waals surface area contributed by atoms with Crippen LogP contribution in [0.5, 0.6) is 0 Å². The molecular weight excluding hydrogens is 349 g/mol. The number of halogens is 3. The van der Waals surface area contributed by atoms with Gasteiger partial charge in [0.25, 0.3) is 5.91 Å². The molecule has 1 fully saturated rings. The highest BCUT2D eigenvalue weighted by Gasteiger charge is 2.34. The molecule has 1 amide bonds. The van der Waals surface area contributed by atoms with Gasteiger partial charge in [-0.15, -0.1) is 0 Å². The van der Waals surface area contributed by atoms with Gasteiger partial charge in [0.1, 0.15) is 5.69 Å². The Morgan fingerprint density at radius 1 is 1.19 bits per heavy atom. The second-order valence-electron chi connectivity index (χ2n) is 6.95. The zero-order chi connectivity index (χ0) is 19.2. The average molecular weight is 368 g/mol. The number of rotatable bonds is 2. The van der Waals surface area contributed by atoms with Crippen molar-refractivity contribution in [2.45, 2.75) is 19.5 Å². The fourth-order valence-corrected chi connectivity index (χ4v) is 3.59. The molecular formula is C18H19F3N2O3. The Morgan fingerprint density at radius 3 is 2.50 bits per heavy atom. The van der Waals surface area contributed by atoms with E-state index in [9.17, 15) is 27.9 Å². The number of carbonyl (C=O) groups excluding carboxylic acids is 1. The molecule has 1 saturated heterocycles. The number of aryl methyl sites for hydroxylation is 1. The van der Waals surface area contributed by atoms with Crippen LogP contribution in [-0.4, -0.2) is 39.5 Å². The Kier molecular flexibility index (Phi) is 4.46. The van der Waals surface area contributed by atoms with Crippen LogP contribution < -0.4 is 0 Å². The third kappa shape index (κ3) is 3.27. The molecule has 140 valence electrons. The number of benzene rings is 1. The van der Waals surface area contributed by atoms with Gasteiger partial charge >= 0.3 is 12.1 Å². The summed E-state index contributed by atoms with van der Waals surface area (Å²) in [7, 11) is 1.62. The predicted octanol–water partition coefficient (Wildman–Crippen LogP) is 3.38. The van der Waals surface area contributed by atoms with E-state index in [4.69, 9.17) is 0 Å². The second-order valence-corrected chi connectivity index (χ2v) is 6.95. The largest absolute Gasteiger partial charge is 0.481 e. The Morgan fingerprint density at radius 2 is 1.88 bits per heavy atom. The maximum atomic E-state index is 12.9. The molecule has 8 heteroatoms. The fraction of sp³-hybridized carbons (Fsp3) is 0.444. The van der Waals surface area contributed by atoms with E-state index in [2.05, 4.69) is 0 Å². The van der Waals surface area contributed by atoms with E-state index >= 15 is 0 Å². The monoisotopic (exact) mass is 368 g/mol. The Hall–Kier alpha value is -2.51.